The molecule has 0 fully saturated rings. The van der Waals surface area contributed by atoms with Crippen molar-refractivity contribution in [1.29, 1.82) is 0 Å². The highest BCUT2D eigenvalue weighted by Crippen LogP contribution is 2.36. The van der Waals surface area contributed by atoms with Gasteiger partial charge in [-0.25, -0.2) is 14.6 Å². The molecule has 0 spiro atoms. The zero-order valence-electron chi connectivity index (χ0n) is 24.5. The Morgan fingerprint density at radius 1 is 1.00 bits per heavy atom. The van der Waals surface area contributed by atoms with E-state index in [-0.39, 0.29) is 17.7 Å². The van der Waals surface area contributed by atoms with E-state index in [1.165, 1.54) is 37.2 Å². The first kappa shape index (κ1) is 29.6. The number of hydrogen-bond donors (Lipinski definition) is 0. The van der Waals surface area contributed by atoms with Crippen LogP contribution in [0.2, 0.25) is 0 Å². The number of thiazole rings is 1. The Hall–Kier alpha value is -4.90. The van der Waals surface area contributed by atoms with Crippen molar-refractivity contribution in [2.24, 2.45) is 4.99 Å². The van der Waals surface area contributed by atoms with Crippen LogP contribution in [-0.2, 0) is 14.3 Å². The number of hydrogen-bond acceptors (Lipinski definition) is 10. The Morgan fingerprint density at radius 3 is 2.44 bits per heavy atom. The van der Waals surface area contributed by atoms with Gasteiger partial charge in [0, 0.05) is 11.6 Å². The zero-order valence-corrected chi connectivity index (χ0v) is 25.4. The fraction of sp³-hybridized carbons (Fsp3) is 0.250. The maximum atomic E-state index is 13.9. The average Bonchev–Trinajstić information content (AvgIpc) is 3.59. The number of esters is 2. The fourth-order valence-corrected chi connectivity index (χ4v) is 6.05. The van der Waals surface area contributed by atoms with E-state index in [0.29, 0.717) is 49.2 Å². The minimum Gasteiger partial charge on any atom is -0.493 e. The number of carbonyl (C=O) groups excluding carboxylic acids is 2. The molecule has 0 saturated heterocycles. The Labute approximate surface area is 251 Å². The van der Waals surface area contributed by atoms with Gasteiger partial charge in [0.1, 0.15) is 11.5 Å². The molecule has 0 saturated carbocycles. The molecule has 0 N–H and O–H groups in total. The third-order valence-electron chi connectivity index (χ3n) is 7.05. The van der Waals surface area contributed by atoms with Crippen molar-refractivity contribution in [1.82, 2.24) is 4.57 Å². The number of allylic oxidation sites excluding steroid dienone is 1. The SMILES string of the molecule is CCOC(=O)C1=C(C)N=c2s/c(=C/c3ccc(-c4ccc(C(=O)OC)cc4C)o3)c(=O)n2[C@H]1c1ccc(OC)c(OC)c1. The number of carbonyl (C=O) groups is 2. The van der Waals surface area contributed by atoms with Crippen molar-refractivity contribution in [2.75, 3.05) is 27.9 Å². The fourth-order valence-electron chi connectivity index (χ4n) is 5.02. The molecule has 3 heterocycles. The van der Waals surface area contributed by atoms with Crippen LogP contribution in [0.3, 0.4) is 0 Å². The third-order valence-corrected chi connectivity index (χ3v) is 8.04. The van der Waals surface area contributed by atoms with Crippen LogP contribution in [0.25, 0.3) is 17.4 Å². The summed E-state index contributed by atoms with van der Waals surface area (Å²) < 4.78 is 29.0. The Bertz CT molecular complexity index is 1950. The highest BCUT2D eigenvalue weighted by molar-refractivity contribution is 7.07. The molecule has 1 atom stereocenters. The topological polar surface area (TPSA) is 119 Å². The van der Waals surface area contributed by atoms with Gasteiger partial charge >= 0.3 is 11.9 Å². The van der Waals surface area contributed by atoms with Crippen molar-refractivity contribution in [3.8, 4) is 22.8 Å². The minimum absolute atomic E-state index is 0.171. The molecule has 2 aromatic heterocycles. The lowest BCUT2D eigenvalue weighted by Gasteiger charge is -2.25. The zero-order chi connectivity index (χ0) is 30.8. The van der Waals surface area contributed by atoms with Crippen molar-refractivity contribution in [2.45, 2.75) is 26.8 Å². The Balaban J connectivity index is 1.61. The molecule has 0 unspecified atom stereocenters. The molecule has 11 heteroatoms. The van der Waals surface area contributed by atoms with Crippen molar-refractivity contribution < 1.29 is 33.0 Å². The van der Waals surface area contributed by atoms with Crippen LogP contribution in [-0.4, -0.2) is 44.4 Å². The first-order valence-corrected chi connectivity index (χ1v) is 14.2. The van der Waals surface area contributed by atoms with Crippen LogP contribution >= 0.6 is 11.3 Å². The summed E-state index contributed by atoms with van der Waals surface area (Å²) >= 11 is 1.19. The number of rotatable bonds is 8. The first-order chi connectivity index (χ1) is 20.7. The van der Waals surface area contributed by atoms with Crippen LogP contribution < -0.4 is 24.4 Å². The maximum Gasteiger partial charge on any atom is 0.338 e. The van der Waals surface area contributed by atoms with Crippen LogP contribution in [0.1, 0.15) is 47.1 Å². The Morgan fingerprint density at radius 2 is 1.77 bits per heavy atom. The van der Waals surface area contributed by atoms with Gasteiger partial charge in [-0.05, 0) is 68.3 Å². The molecule has 43 heavy (non-hydrogen) atoms. The highest BCUT2D eigenvalue weighted by Gasteiger charge is 2.34. The summed E-state index contributed by atoms with van der Waals surface area (Å²) in [6.07, 6.45) is 1.65. The molecular weight excluding hydrogens is 572 g/mol. The maximum absolute atomic E-state index is 13.9. The number of ether oxygens (including phenoxy) is 4. The number of benzene rings is 2. The molecule has 4 aromatic rings. The van der Waals surface area contributed by atoms with Gasteiger partial charge in [-0.3, -0.25) is 9.36 Å². The largest absolute Gasteiger partial charge is 0.493 e. The summed E-state index contributed by atoms with van der Waals surface area (Å²) in [5, 5.41) is 0. The molecule has 0 aliphatic carbocycles. The van der Waals surface area contributed by atoms with Crippen LogP contribution in [0.15, 0.2) is 74.0 Å². The second-order valence-electron chi connectivity index (χ2n) is 9.64. The Kier molecular flexibility index (Phi) is 8.36. The standard InChI is InChI=1S/C32H30N2O8S/c1-7-41-31(37)27-18(3)33-32-34(28(27)19-9-12-24(38-4)25(15-19)39-5)29(35)26(43-32)16-21-10-13-23(42-21)22-11-8-20(14-17(22)2)30(36)40-6/h8-16,28H,7H2,1-6H3/b26-16+/t28-/m0/s1. The predicted octanol–water partition coefficient (Wildman–Crippen LogP) is 4.17. The van der Waals surface area contributed by atoms with Crippen LogP contribution in [0, 0.1) is 6.92 Å². The summed E-state index contributed by atoms with van der Waals surface area (Å²) in [4.78, 5) is 44.1. The van der Waals surface area contributed by atoms with Gasteiger partial charge in [-0.15, -0.1) is 0 Å². The lowest BCUT2D eigenvalue weighted by Crippen LogP contribution is -2.39. The molecule has 222 valence electrons. The van der Waals surface area contributed by atoms with Gasteiger partial charge in [0.25, 0.3) is 5.56 Å². The van der Waals surface area contributed by atoms with Gasteiger partial charge in [-0.1, -0.05) is 23.5 Å². The van der Waals surface area contributed by atoms with Gasteiger partial charge in [-0.2, -0.15) is 0 Å². The number of nitrogens with zero attached hydrogens (tertiary/aromatic N) is 2. The molecule has 0 bridgehead atoms. The molecule has 0 amide bonds. The van der Waals surface area contributed by atoms with Gasteiger partial charge in [0.2, 0.25) is 0 Å². The van der Waals surface area contributed by atoms with E-state index < -0.39 is 18.0 Å². The number of aromatic nitrogens is 1. The molecular formula is C32H30N2O8S. The molecule has 2 aromatic carbocycles. The molecule has 5 rings (SSSR count). The number of fused-ring (bicyclic) bond motifs is 1. The summed E-state index contributed by atoms with van der Waals surface area (Å²) in [7, 11) is 4.39. The van der Waals surface area contributed by atoms with E-state index >= 15 is 0 Å². The predicted molar refractivity (Wildman–Crippen MR) is 160 cm³/mol. The van der Waals surface area contributed by atoms with Crippen molar-refractivity contribution in [3.05, 3.63) is 102 Å². The van der Waals surface area contributed by atoms with E-state index in [4.69, 9.17) is 23.4 Å². The van der Waals surface area contributed by atoms with E-state index in [1.807, 2.05) is 6.92 Å². The normalized spacial score (nSPS) is 14.7. The van der Waals surface area contributed by atoms with E-state index in [9.17, 15) is 14.4 Å². The van der Waals surface area contributed by atoms with E-state index in [2.05, 4.69) is 4.99 Å². The van der Waals surface area contributed by atoms with Gasteiger partial charge in [0.15, 0.2) is 16.3 Å². The second kappa shape index (κ2) is 12.1. The van der Waals surface area contributed by atoms with Crippen LogP contribution in [0.5, 0.6) is 11.5 Å². The number of methoxy groups -OCH3 is 3. The molecule has 1 aliphatic heterocycles. The molecule has 0 radical (unpaired) electrons. The van der Waals surface area contributed by atoms with Crippen LogP contribution in [0.4, 0.5) is 0 Å². The lowest BCUT2D eigenvalue weighted by atomic mass is 9.95. The quantitative estimate of drug-likeness (QED) is 0.276. The van der Waals surface area contributed by atoms with E-state index in [1.54, 1.807) is 68.5 Å². The van der Waals surface area contributed by atoms with Crippen molar-refractivity contribution in [3.63, 3.8) is 0 Å². The summed E-state index contributed by atoms with van der Waals surface area (Å²) in [6, 6.07) is 13.2. The summed E-state index contributed by atoms with van der Waals surface area (Å²) in [5.41, 5.74) is 3.09. The second-order valence-corrected chi connectivity index (χ2v) is 10.6. The van der Waals surface area contributed by atoms with Gasteiger partial charge in [0.05, 0.1) is 55.3 Å². The molecule has 1 aliphatic rings. The monoisotopic (exact) mass is 602 g/mol. The lowest BCUT2D eigenvalue weighted by molar-refractivity contribution is -0.139. The van der Waals surface area contributed by atoms with Gasteiger partial charge < -0.3 is 23.4 Å². The highest BCUT2D eigenvalue weighted by atomic mass is 32.1. The molecule has 10 nitrogen and oxygen atoms in total. The summed E-state index contributed by atoms with van der Waals surface area (Å²) in [6.45, 7) is 5.49. The number of aryl methyl sites for hydroxylation is 1. The first-order valence-electron chi connectivity index (χ1n) is 13.4. The summed E-state index contributed by atoms with van der Waals surface area (Å²) in [5.74, 6) is 1.04. The smallest absolute Gasteiger partial charge is 0.338 e. The minimum atomic E-state index is -0.805. The number of furan rings is 1. The average molecular weight is 603 g/mol. The third kappa shape index (κ3) is 5.51. The van der Waals surface area contributed by atoms with E-state index in [0.717, 1.165) is 11.1 Å². The van der Waals surface area contributed by atoms with Crippen molar-refractivity contribution >= 4 is 29.4 Å².